The van der Waals surface area contributed by atoms with E-state index >= 15 is 0 Å². The summed E-state index contributed by atoms with van der Waals surface area (Å²) in [6.07, 6.45) is 9.46. The standard InChI is InChI=1S/C30H28O3S2/c1-22-9-19-28(20-10-22)35(32,33)30(2,3)29(31)25-13-17-27(18-14-25)34-26-15-11-24(12-16-26)21-23-7-5-4-6-8-23/h4-11,13-21H,12H2,1-3H3. The number of ketones is 1. The lowest BCUT2D eigenvalue weighted by Gasteiger charge is -2.23. The first-order valence-corrected chi connectivity index (χ1v) is 13.7. The molecule has 1 aliphatic rings. The molecule has 4 rings (SSSR count). The topological polar surface area (TPSA) is 51.2 Å². The summed E-state index contributed by atoms with van der Waals surface area (Å²) in [7, 11) is -3.84. The van der Waals surface area contributed by atoms with Crippen molar-refractivity contribution in [3.63, 3.8) is 0 Å². The van der Waals surface area contributed by atoms with E-state index in [-0.39, 0.29) is 4.90 Å². The summed E-state index contributed by atoms with van der Waals surface area (Å²) in [6, 6.07) is 24.0. The Morgan fingerprint density at radius 1 is 0.886 bits per heavy atom. The van der Waals surface area contributed by atoms with Crippen LogP contribution in [-0.2, 0) is 9.84 Å². The van der Waals surface area contributed by atoms with Crippen molar-refractivity contribution < 1.29 is 13.2 Å². The molecule has 0 amide bonds. The van der Waals surface area contributed by atoms with Gasteiger partial charge in [0.1, 0.15) is 4.75 Å². The lowest BCUT2D eigenvalue weighted by Crippen LogP contribution is -2.40. The van der Waals surface area contributed by atoms with Gasteiger partial charge in [0.05, 0.1) is 4.90 Å². The maximum atomic E-state index is 13.2. The van der Waals surface area contributed by atoms with Gasteiger partial charge in [-0.25, -0.2) is 8.42 Å². The molecule has 5 heteroatoms. The van der Waals surface area contributed by atoms with Crippen LogP contribution in [0.4, 0.5) is 0 Å². The van der Waals surface area contributed by atoms with Crippen LogP contribution in [-0.4, -0.2) is 18.9 Å². The van der Waals surface area contributed by atoms with Crippen LogP contribution in [0.2, 0.25) is 0 Å². The smallest absolute Gasteiger partial charge is 0.190 e. The van der Waals surface area contributed by atoms with Gasteiger partial charge < -0.3 is 0 Å². The third kappa shape index (κ3) is 5.58. The van der Waals surface area contributed by atoms with E-state index < -0.39 is 20.4 Å². The average Bonchev–Trinajstić information content (AvgIpc) is 2.86. The van der Waals surface area contributed by atoms with Crippen molar-refractivity contribution in [2.75, 3.05) is 0 Å². The van der Waals surface area contributed by atoms with E-state index in [1.165, 1.54) is 25.0 Å². The second kappa shape index (κ2) is 10.2. The molecule has 0 bridgehead atoms. The van der Waals surface area contributed by atoms with E-state index in [9.17, 15) is 13.2 Å². The third-order valence-electron chi connectivity index (χ3n) is 6.05. The van der Waals surface area contributed by atoms with E-state index in [2.05, 4.69) is 36.4 Å². The molecular weight excluding hydrogens is 472 g/mol. The van der Waals surface area contributed by atoms with Crippen LogP contribution >= 0.6 is 11.8 Å². The highest BCUT2D eigenvalue weighted by atomic mass is 32.2. The third-order valence-corrected chi connectivity index (χ3v) is 9.52. The summed E-state index contributed by atoms with van der Waals surface area (Å²) in [5.41, 5.74) is 3.78. The molecule has 0 spiro atoms. The molecule has 0 radical (unpaired) electrons. The fourth-order valence-corrected chi connectivity index (χ4v) is 6.07. The van der Waals surface area contributed by atoms with Crippen LogP contribution < -0.4 is 0 Å². The number of sulfone groups is 1. The van der Waals surface area contributed by atoms with Crippen molar-refractivity contribution in [3.8, 4) is 0 Å². The van der Waals surface area contributed by atoms with Crippen LogP contribution in [0.5, 0.6) is 0 Å². The summed E-state index contributed by atoms with van der Waals surface area (Å²) in [4.78, 5) is 15.5. The molecule has 0 aliphatic heterocycles. The first-order chi connectivity index (χ1) is 16.7. The van der Waals surface area contributed by atoms with E-state index in [0.29, 0.717) is 5.56 Å². The van der Waals surface area contributed by atoms with Crippen molar-refractivity contribution >= 4 is 33.5 Å². The Balaban J connectivity index is 1.44. The number of thioether (sulfide) groups is 1. The molecule has 0 N–H and O–H groups in total. The van der Waals surface area contributed by atoms with Gasteiger partial charge in [-0.1, -0.05) is 90.2 Å². The molecule has 35 heavy (non-hydrogen) atoms. The summed E-state index contributed by atoms with van der Waals surface area (Å²) in [6.45, 7) is 4.85. The average molecular weight is 501 g/mol. The number of carbonyl (C=O) groups excluding carboxylic acids is 1. The van der Waals surface area contributed by atoms with Crippen molar-refractivity contribution in [1.29, 1.82) is 0 Å². The molecular formula is C30H28O3S2. The number of hydrogen-bond donors (Lipinski definition) is 0. The highest BCUT2D eigenvalue weighted by Gasteiger charge is 2.43. The van der Waals surface area contributed by atoms with Crippen LogP contribution in [0.1, 0.15) is 41.8 Å². The summed E-state index contributed by atoms with van der Waals surface area (Å²) < 4.78 is 24.8. The van der Waals surface area contributed by atoms with Gasteiger partial charge in [-0.05, 0) is 68.7 Å². The Labute approximate surface area is 212 Å². The first kappa shape index (κ1) is 25.0. The zero-order valence-electron chi connectivity index (χ0n) is 20.1. The van der Waals surface area contributed by atoms with Crippen LogP contribution in [0.3, 0.4) is 0 Å². The van der Waals surface area contributed by atoms with Gasteiger partial charge >= 0.3 is 0 Å². The number of hydrogen-bond acceptors (Lipinski definition) is 4. The summed E-state index contributed by atoms with van der Waals surface area (Å²) >= 11 is 1.62. The van der Waals surface area contributed by atoms with Gasteiger partial charge in [-0.15, -0.1) is 0 Å². The highest BCUT2D eigenvalue weighted by molar-refractivity contribution is 8.03. The quantitative estimate of drug-likeness (QED) is 0.316. The van der Waals surface area contributed by atoms with Gasteiger partial charge in [-0.2, -0.15) is 0 Å². The molecule has 3 nitrogen and oxygen atoms in total. The fraction of sp³-hybridized carbons (Fsp3) is 0.167. The number of allylic oxidation sites excluding steroid dienone is 4. The van der Waals surface area contributed by atoms with E-state index in [1.807, 2.05) is 37.3 Å². The molecule has 178 valence electrons. The molecule has 0 saturated carbocycles. The molecule has 3 aromatic rings. The van der Waals surface area contributed by atoms with Crippen LogP contribution in [0.25, 0.3) is 6.08 Å². The SMILES string of the molecule is Cc1ccc(S(=O)(=O)C(C)(C)C(=O)c2ccc(SC3=CCC(=Cc4ccccc4)C=C3)cc2)cc1. The molecule has 0 fully saturated rings. The number of rotatable bonds is 7. The predicted octanol–water partition coefficient (Wildman–Crippen LogP) is 7.45. The lowest BCUT2D eigenvalue weighted by molar-refractivity contribution is 0.0953. The fourth-order valence-electron chi connectivity index (χ4n) is 3.78. The molecule has 0 aromatic heterocycles. The molecule has 0 heterocycles. The Kier molecular flexibility index (Phi) is 7.29. The van der Waals surface area contributed by atoms with Crippen molar-refractivity contribution in [1.82, 2.24) is 0 Å². The lowest BCUT2D eigenvalue weighted by atomic mass is 10.0. The second-order valence-electron chi connectivity index (χ2n) is 9.06. The minimum atomic E-state index is -3.84. The zero-order chi connectivity index (χ0) is 25.1. The Morgan fingerprint density at radius 3 is 2.14 bits per heavy atom. The maximum absolute atomic E-state index is 13.2. The molecule has 1 aliphatic carbocycles. The summed E-state index contributed by atoms with van der Waals surface area (Å²) in [5.74, 6) is -0.415. The van der Waals surface area contributed by atoms with Gasteiger partial charge in [0.2, 0.25) is 0 Å². The molecule has 0 unspecified atom stereocenters. The number of carbonyl (C=O) groups is 1. The van der Waals surface area contributed by atoms with E-state index in [0.717, 1.165) is 21.8 Å². The first-order valence-electron chi connectivity index (χ1n) is 11.4. The maximum Gasteiger partial charge on any atom is 0.190 e. The van der Waals surface area contributed by atoms with Gasteiger partial charge in [0.15, 0.2) is 15.6 Å². The van der Waals surface area contributed by atoms with Gasteiger partial charge in [-0.3, -0.25) is 4.79 Å². The van der Waals surface area contributed by atoms with Crippen LogP contribution in [0, 0.1) is 6.92 Å². The van der Waals surface area contributed by atoms with E-state index in [4.69, 9.17) is 0 Å². The second-order valence-corrected chi connectivity index (χ2v) is 12.7. The normalized spacial score (nSPS) is 15.2. The van der Waals surface area contributed by atoms with Crippen LogP contribution in [0.15, 0.2) is 117 Å². The number of benzene rings is 3. The minimum absolute atomic E-state index is 0.158. The largest absolute Gasteiger partial charge is 0.292 e. The minimum Gasteiger partial charge on any atom is -0.292 e. The molecule has 3 aromatic carbocycles. The number of aryl methyl sites for hydroxylation is 1. The van der Waals surface area contributed by atoms with Gasteiger partial charge in [0, 0.05) is 15.4 Å². The highest BCUT2D eigenvalue weighted by Crippen LogP contribution is 2.33. The zero-order valence-corrected chi connectivity index (χ0v) is 21.7. The van der Waals surface area contributed by atoms with Gasteiger partial charge in [0.25, 0.3) is 0 Å². The van der Waals surface area contributed by atoms with Crippen molar-refractivity contribution in [3.05, 3.63) is 124 Å². The predicted molar refractivity (Wildman–Crippen MR) is 145 cm³/mol. The Hall–Kier alpha value is -3.15. The molecule has 0 saturated heterocycles. The van der Waals surface area contributed by atoms with Crippen molar-refractivity contribution in [2.24, 2.45) is 0 Å². The Morgan fingerprint density at radius 2 is 1.54 bits per heavy atom. The Bertz CT molecular complexity index is 1410. The van der Waals surface area contributed by atoms with E-state index in [1.54, 1.807) is 48.2 Å². The van der Waals surface area contributed by atoms with Crippen molar-refractivity contribution in [2.45, 2.75) is 41.7 Å². The monoisotopic (exact) mass is 500 g/mol. The molecule has 0 atom stereocenters. The number of Topliss-reactive ketones (excluding diaryl/α,β-unsaturated/α-hetero) is 1. The summed E-state index contributed by atoms with van der Waals surface area (Å²) in [5, 5.41) is 0.